The lowest BCUT2D eigenvalue weighted by Gasteiger charge is -2.08. The maximum absolute atomic E-state index is 12.3. The molecule has 1 heterocycles. The van der Waals surface area contributed by atoms with Crippen LogP contribution in [0.3, 0.4) is 0 Å². The Hall–Kier alpha value is -4.62. The standard InChI is InChI=1S/C24H23N3O3.C9H9ClO/c1-29-21-11-8-17(12-22(21)30-2)13-23-26-19-10-9-18(15-20(19)27-23)25-24(28)14-16-6-4-3-5-7-16;1-6-5-8(10)3-4-9(6)7(2)11/h3-12,15H,13-14H2,1-2H3,(H,25,28)(H,26,27);3-5H,1-2H3. The summed E-state index contributed by atoms with van der Waals surface area (Å²) in [7, 11) is 3.24. The van der Waals surface area contributed by atoms with Gasteiger partial charge in [0, 0.05) is 22.7 Å². The fourth-order valence-electron chi connectivity index (χ4n) is 4.42. The van der Waals surface area contributed by atoms with Crippen molar-refractivity contribution in [1.29, 1.82) is 0 Å². The number of aromatic nitrogens is 2. The molecule has 0 aliphatic carbocycles. The molecule has 0 aliphatic rings. The van der Waals surface area contributed by atoms with Gasteiger partial charge in [-0.25, -0.2) is 4.98 Å². The molecule has 1 amide bonds. The number of aryl methyl sites for hydroxylation is 1. The maximum atomic E-state index is 12.3. The summed E-state index contributed by atoms with van der Waals surface area (Å²) < 4.78 is 10.7. The van der Waals surface area contributed by atoms with E-state index in [2.05, 4.69) is 15.3 Å². The smallest absolute Gasteiger partial charge is 0.228 e. The number of H-pyrrole nitrogens is 1. The van der Waals surface area contributed by atoms with Crippen LogP contribution >= 0.6 is 11.6 Å². The minimum Gasteiger partial charge on any atom is -0.493 e. The number of nitrogens with one attached hydrogen (secondary N) is 2. The summed E-state index contributed by atoms with van der Waals surface area (Å²) in [6.07, 6.45) is 0.969. The predicted molar refractivity (Wildman–Crippen MR) is 163 cm³/mol. The van der Waals surface area contributed by atoms with Gasteiger partial charge < -0.3 is 19.8 Å². The van der Waals surface area contributed by atoms with Gasteiger partial charge >= 0.3 is 0 Å². The number of amides is 1. The normalized spacial score (nSPS) is 10.5. The first-order chi connectivity index (χ1) is 19.7. The fraction of sp³-hybridized carbons (Fsp3) is 0.182. The second-order valence-corrected chi connectivity index (χ2v) is 9.94. The Morgan fingerprint density at radius 2 is 1.63 bits per heavy atom. The number of methoxy groups -OCH3 is 2. The first-order valence-corrected chi connectivity index (χ1v) is 13.4. The zero-order valence-electron chi connectivity index (χ0n) is 23.5. The first-order valence-electron chi connectivity index (χ1n) is 13.1. The molecule has 0 spiro atoms. The number of nitrogens with zero attached hydrogens (tertiary/aromatic N) is 1. The monoisotopic (exact) mass is 569 g/mol. The molecular formula is C33H32ClN3O4. The summed E-state index contributed by atoms with van der Waals surface area (Å²) in [6.45, 7) is 3.43. The van der Waals surface area contributed by atoms with Gasteiger partial charge in [-0.05, 0) is 79.1 Å². The molecule has 210 valence electrons. The molecule has 8 heteroatoms. The Labute approximate surface area is 244 Å². The highest BCUT2D eigenvalue weighted by atomic mass is 35.5. The quantitative estimate of drug-likeness (QED) is 0.193. The van der Waals surface area contributed by atoms with Crippen molar-refractivity contribution in [1.82, 2.24) is 9.97 Å². The van der Waals surface area contributed by atoms with Gasteiger partial charge in [0.25, 0.3) is 0 Å². The highest BCUT2D eigenvalue weighted by molar-refractivity contribution is 6.30. The van der Waals surface area contributed by atoms with Crippen LogP contribution in [0.4, 0.5) is 5.69 Å². The number of aromatic amines is 1. The van der Waals surface area contributed by atoms with Crippen LogP contribution in [0.15, 0.2) is 84.9 Å². The van der Waals surface area contributed by atoms with E-state index in [4.69, 9.17) is 21.1 Å². The van der Waals surface area contributed by atoms with Crippen LogP contribution in [0.1, 0.15) is 39.8 Å². The number of ketones is 1. The van der Waals surface area contributed by atoms with Crippen LogP contribution in [0.2, 0.25) is 5.02 Å². The number of benzene rings is 4. The molecule has 4 aromatic carbocycles. The van der Waals surface area contributed by atoms with Gasteiger partial charge in [-0.15, -0.1) is 0 Å². The molecule has 5 rings (SSSR count). The van der Waals surface area contributed by atoms with Crippen molar-refractivity contribution in [3.05, 3.63) is 118 Å². The van der Waals surface area contributed by atoms with Crippen molar-refractivity contribution in [3.8, 4) is 11.5 Å². The van der Waals surface area contributed by atoms with Crippen molar-refractivity contribution in [2.45, 2.75) is 26.7 Å². The second kappa shape index (κ2) is 13.6. The lowest BCUT2D eigenvalue weighted by Crippen LogP contribution is -2.14. The van der Waals surface area contributed by atoms with E-state index in [1.165, 1.54) is 0 Å². The maximum Gasteiger partial charge on any atom is 0.228 e. The highest BCUT2D eigenvalue weighted by Crippen LogP contribution is 2.28. The van der Waals surface area contributed by atoms with Crippen LogP contribution < -0.4 is 14.8 Å². The zero-order chi connectivity index (χ0) is 29.4. The number of fused-ring (bicyclic) bond motifs is 1. The van der Waals surface area contributed by atoms with E-state index in [0.29, 0.717) is 29.4 Å². The minimum absolute atomic E-state index is 0.0504. The first kappa shape index (κ1) is 29.4. The van der Waals surface area contributed by atoms with Crippen molar-refractivity contribution in [2.24, 2.45) is 0 Å². The molecule has 0 fully saturated rings. The molecule has 0 bridgehead atoms. The van der Waals surface area contributed by atoms with E-state index >= 15 is 0 Å². The van der Waals surface area contributed by atoms with Crippen LogP contribution in [0, 0.1) is 6.92 Å². The molecule has 5 aromatic rings. The number of hydrogen-bond acceptors (Lipinski definition) is 5. The molecule has 0 aliphatic heterocycles. The average Bonchev–Trinajstić information content (AvgIpc) is 3.35. The van der Waals surface area contributed by atoms with Crippen molar-refractivity contribution >= 4 is 40.0 Å². The third-order valence-electron chi connectivity index (χ3n) is 6.41. The lowest BCUT2D eigenvalue weighted by molar-refractivity contribution is -0.115. The fourth-order valence-corrected chi connectivity index (χ4v) is 4.64. The third-order valence-corrected chi connectivity index (χ3v) is 6.64. The Bertz CT molecular complexity index is 1660. The van der Waals surface area contributed by atoms with Crippen LogP contribution in [-0.2, 0) is 17.6 Å². The van der Waals surface area contributed by atoms with Gasteiger partial charge in [-0.1, -0.05) is 48.0 Å². The summed E-state index contributed by atoms with van der Waals surface area (Å²) in [5.74, 6) is 2.26. The predicted octanol–water partition coefficient (Wildman–Crippen LogP) is 7.20. The number of carbonyl (C=O) groups excluding carboxylic acids is 2. The van der Waals surface area contributed by atoms with E-state index in [1.807, 2.05) is 73.7 Å². The molecular weight excluding hydrogens is 538 g/mol. The average molecular weight is 570 g/mol. The van der Waals surface area contributed by atoms with Gasteiger partial charge in [-0.3, -0.25) is 9.59 Å². The molecule has 0 radical (unpaired) electrons. The van der Waals surface area contributed by atoms with E-state index < -0.39 is 0 Å². The molecule has 0 unspecified atom stereocenters. The molecule has 0 atom stereocenters. The van der Waals surface area contributed by atoms with Crippen LogP contribution in [-0.4, -0.2) is 35.9 Å². The summed E-state index contributed by atoms with van der Waals surface area (Å²) in [5.41, 5.74) is 6.19. The van der Waals surface area contributed by atoms with Gasteiger partial charge in [0.05, 0.1) is 31.7 Å². The molecule has 0 saturated carbocycles. The summed E-state index contributed by atoms with van der Waals surface area (Å²) in [6, 6.07) is 26.4. The summed E-state index contributed by atoms with van der Waals surface area (Å²) in [5, 5.41) is 3.63. The molecule has 2 N–H and O–H groups in total. The summed E-state index contributed by atoms with van der Waals surface area (Å²) >= 11 is 5.71. The molecule has 41 heavy (non-hydrogen) atoms. The molecule has 1 aromatic heterocycles. The number of Topliss-reactive ketones (excluding diaryl/α,β-unsaturated/α-hetero) is 1. The number of carbonyl (C=O) groups is 2. The van der Waals surface area contributed by atoms with Gasteiger partial charge in [-0.2, -0.15) is 0 Å². The van der Waals surface area contributed by atoms with E-state index in [1.54, 1.807) is 39.3 Å². The lowest BCUT2D eigenvalue weighted by atomic mass is 10.1. The van der Waals surface area contributed by atoms with E-state index in [9.17, 15) is 9.59 Å². The number of ether oxygens (including phenoxy) is 2. The molecule has 7 nitrogen and oxygen atoms in total. The Morgan fingerprint density at radius 3 is 2.32 bits per heavy atom. The molecule has 0 saturated heterocycles. The van der Waals surface area contributed by atoms with Gasteiger partial charge in [0.2, 0.25) is 5.91 Å². The number of rotatable bonds is 8. The van der Waals surface area contributed by atoms with Crippen LogP contribution in [0.5, 0.6) is 11.5 Å². The summed E-state index contributed by atoms with van der Waals surface area (Å²) in [4.78, 5) is 31.2. The van der Waals surface area contributed by atoms with E-state index in [-0.39, 0.29) is 11.7 Å². The largest absolute Gasteiger partial charge is 0.493 e. The number of anilines is 1. The van der Waals surface area contributed by atoms with Crippen LogP contribution in [0.25, 0.3) is 11.0 Å². The SMILES string of the molecule is CC(=O)c1ccc(Cl)cc1C.COc1ccc(Cc2nc3ccc(NC(=O)Cc4ccccc4)cc3[nH]2)cc1OC. The zero-order valence-corrected chi connectivity index (χ0v) is 24.2. The minimum atomic E-state index is -0.0504. The number of halogens is 1. The van der Waals surface area contributed by atoms with Crippen molar-refractivity contribution in [2.75, 3.05) is 19.5 Å². The van der Waals surface area contributed by atoms with Gasteiger partial charge in [0.1, 0.15) is 5.82 Å². The third kappa shape index (κ3) is 7.96. The van der Waals surface area contributed by atoms with Gasteiger partial charge in [0.15, 0.2) is 17.3 Å². The topological polar surface area (TPSA) is 93.3 Å². The van der Waals surface area contributed by atoms with E-state index in [0.717, 1.165) is 44.8 Å². The van der Waals surface area contributed by atoms with Crippen molar-refractivity contribution < 1.29 is 19.1 Å². The second-order valence-electron chi connectivity index (χ2n) is 9.51. The Balaban J connectivity index is 0.000000296. The highest BCUT2D eigenvalue weighted by Gasteiger charge is 2.10. The Kier molecular flexibility index (Phi) is 9.77. The van der Waals surface area contributed by atoms with Crippen molar-refractivity contribution in [3.63, 3.8) is 0 Å². The number of imidazole rings is 1. The Morgan fingerprint density at radius 1 is 0.878 bits per heavy atom. The number of hydrogen-bond donors (Lipinski definition) is 2.